The van der Waals surface area contributed by atoms with Crippen LogP contribution in [0.5, 0.6) is 5.75 Å². The number of benzene rings is 2. The second kappa shape index (κ2) is 8.12. The maximum atomic E-state index is 13.2. The zero-order valence-electron chi connectivity index (χ0n) is 14.3. The number of likely N-dealkylation sites (N-methyl/N-ethyl adjacent to an activating group) is 1. The molecule has 1 fully saturated rings. The zero-order chi connectivity index (χ0) is 17.6. The Labute approximate surface area is 147 Å². The van der Waals surface area contributed by atoms with Crippen LogP contribution in [0.15, 0.2) is 54.6 Å². The molecular weight excluding hydrogens is 319 g/mol. The minimum absolute atomic E-state index is 0.0451. The highest BCUT2D eigenvalue weighted by atomic mass is 19.1. The number of carbonyl (C=O) groups is 1. The smallest absolute Gasteiger partial charge is 0.242 e. The summed E-state index contributed by atoms with van der Waals surface area (Å²) < 4.78 is 19.0. The third kappa shape index (κ3) is 5.03. The number of amides is 1. The van der Waals surface area contributed by atoms with Gasteiger partial charge in [0.2, 0.25) is 5.91 Å². The minimum Gasteiger partial charge on any atom is -0.492 e. The Bertz CT molecular complexity index is 687. The molecule has 0 bridgehead atoms. The highest BCUT2D eigenvalue weighted by molar-refractivity contribution is 5.83. The summed E-state index contributed by atoms with van der Waals surface area (Å²) in [5.74, 6) is 0.452. The van der Waals surface area contributed by atoms with Gasteiger partial charge in [-0.05, 0) is 49.7 Å². The molecule has 1 saturated carbocycles. The summed E-state index contributed by atoms with van der Waals surface area (Å²) in [6, 6.07) is 15.5. The molecular formula is C20H23FN2O2. The SMILES string of the molecule is CN(CCOc1ccccc1)C(C(=O)NC1CC1)c1ccc(F)cc1. The Morgan fingerprint density at radius 2 is 1.88 bits per heavy atom. The largest absolute Gasteiger partial charge is 0.492 e. The van der Waals surface area contributed by atoms with Crippen LogP contribution in [0.3, 0.4) is 0 Å². The molecule has 1 unspecified atom stereocenters. The first-order chi connectivity index (χ1) is 12.1. The summed E-state index contributed by atoms with van der Waals surface area (Å²) in [5.41, 5.74) is 0.779. The van der Waals surface area contributed by atoms with Crippen LogP contribution in [0, 0.1) is 5.82 Å². The first-order valence-corrected chi connectivity index (χ1v) is 8.57. The molecule has 3 rings (SSSR count). The molecule has 1 aliphatic rings. The Balaban J connectivity index is 1.64. The highest BCUT2D eigenvalue weighted by Crippen LogP contribution is 2.24. The van der Waals surface area contributed by atoms with E-state index >= 15 is 0 Å². The summed E-state index contributed by atoms with van der Waals surface area (Å²) in [5, 5.41) is 3.04. The average molecular weight is 342 g/mol. The molecule has 2 aromatic carbocycles. The molecule has 132 valence electrons. The summed E-state index contributed by atoms with van der Waals surface area (Å²) in [7, 11) is 1.88. The van der Waals surface area contributed by atoms with Crippen LogP contribution in [-0.2, 0) is 4.79 Å². The molecule has 1 N–H and O–H groups in total. The van der Waals surface area contributed by atoms with Gasteiger partial charge in [0.15, 0.2) is 0 Å². The summed E-state index contributed by atoms with van der Waals surface area (Å²) in [6.45, 7) is 1.05. The van der Waals surface area contributed by atoms with Crippen LogP contribution < -0.4 is 10.1 Å². The standard InChI is InChI=1S/C20H23FN2O2/c1-23(13-14-25-18-5-3-2-4-6-18)19(20(24)22-17-11-12-17)15-7-9-16(21)10-8-15/h2-10,17,19H,11-14H2,1H3,(H,22,24). The molecule has 0 heterocycles. The summed E-state index contributed by atoms with van der Waals surface area (Å²) >= 11 is 0. The van der Waals surface area contributed by atoms with Crippen LogP contribution in [0.1, 0.15) is 24.4 Å². The van der Waals surface area contributed by atoms with Crippen LogP contribution in [0.25, 0.3) is 0 Å². The van der Waals surface area contributed by atoms with Crippen LogP contribution >= 0.6 is 0 Å². The van der Waals surface area contributed by atoms with E-state index in [1.54, 1.807) is 12.1 Å². The molecule has 0 spiro atoms. The first kappa shape index (κ1) is 17.4. The van der Waals surface area contributed by atoms with Crippen molar-refractivity contribution in [2.45, 2.75) is 24.9 Å². The topological polar surface area (TPSA) is 41.6 Å². The van der Waals surface area contributed by atoms with Gasteiger partial charge in [0.05, 0.1) is 0 Å². The predicted octanol–water partition coefficient (Wildman–Crippen LogP) is 3.16. The van der Waals surface area contributed by atoms with Gasteiger partial charge in [-0.2, -0.15) is 0 Å². The number of hydrogen-bond donors (Lipinski definition) is 1. The van der Waals surface area contributed by atoms with Crippen molar-refractivity contribution in [3.05, 3.63) is 66.0 Å². The maximum Gasteiger partial charge on any atom is 0.242 e. The molecule has 0 radical (unpaired) electrons. The number of nitrogens with one attached hydrogen (secondary N) is 1. The van der Waals surface area contributed by atoms with Crippen molar-refractivity contribution in [3.63, 3.8) is 0 Å². The molecule has 2 aromatic rings. The van der Waals surface area contributed by atoms with E-state index in [0.29, 0.717) is 13.2 Å². The Morgan fingerprint density at radius 1 is 1.20 bits per heavy atom. The number of carbonyl (C=O) groups excluding carboxylic acids is 1. The lowest BCUT2D eigenvalue weighted by Crippen LogP contribution is -2.41. The molecule has 5 heteroatoms. The monoisotopic (exact) mass is 342 g/mol. The van der Waals surface area contributed by atoms with E-state index in [1.807, 2.05) is 42.3 Å². The molecule has 0 aliphatic heterocycles. The lowest BCUT2D eigenvalue weighted by atomic mass is 10.0. The lowest BCUT2D eigenvalue weighted by Gasteiger charge is -2.27. The lowest BCUT2D eigenvalue weighted by molar-refractivity contribution is -0.126. The van der Waals surface area contributed by atoms with Crippen molar-refractivity contribution in [2.24, 2.45) is 0 Å². The van der Waals surface area contributed by atoms with Gasteiger partial charge in [-0.3, -0.25) is 9.69 Å². The Hall–Kier alpha value is -2.40. The fraction of sp³-hybridized carbons (Fsp3) is 0.350. The second-order valence-electron chi connectivity index (χ2n) is 6.38. The van der Waals surface area contributed by atoms with Gasteiger partial charge in [0, 0.05) is 12.6 Å². The molecule has 4 nitrogen and oxygen atoms in total. The van der Waals surface area contributed by atoms with Gasteiger partial charge in [0.25, 0.3) is 0 Å². The maximum absolute atomic E-state index is 13.2. The number of nitrogens with zero attached hydrogens (tertiary/aromatic N) is 1. The zero-order valence-corrected chi connectivity index (χ0v) is 14.3. The van der Waals surface area contributed by atoms with E-state index in [0.717, 1.165) is 24.2 Å². The average Bonchev–Trinajstić information content (AvgIpc) is 3.42. The summed E-state index contributed by atoms with van der Waals surface area (Å²) in [6.07, 6.45) is 2.06. The number of para-hydroxylation sites is 1. The number of halogens is 1. The number of ether oxygens (including phenoxy) is 1. The minimum atomic E-state index is -0.458. The number of hydrogen-bond acceptors (Lipinski definition) is 3. The van der Waals surface area contributed by atoms with Gasteiger partial charge >= 0.3 is 0 Å². The van der Waals surface area contributed by atoms with E-state index in [2.05, 4.69) is 5.32 Å². The molecule has 1 amide bonds. The van der Waals surface area contributed by atoms with Gasteiger partial charge in [-0.1, -0.05) is 30.3 Å². The third-order valence-electron chi connectivity index (χ3n) is 4.25. The first-order valence-electron chi connectivity index (χ1n) is 8.57. The van der Waals surface area contributed by atoms with Crippen molar-refractivity contribution in [2.75, 3.05) is 20.2 Å². The molecule has 1 atom stereocenters. The van der Waals surface area contributed by atoms with Crippen molar-refractivity contribution < 1.29 is 13.9 Å². The van der Waals surface area contributed by atoms with Crippen molar-refractivity contribution in [1.82, 2.24) is 10.2 Å². The van der Waals surface area contributed by atoms with E-state index in [1.165, 1.54) is 12.1 Å². The molecule has 1 aliphatic carbocycles. The molecule has 25 heavy (non-hydrogen) atoms. The fourth-order valence-corrected chi connectivity index (χ4v) is 2.71. The normalized spacial score (nSPS) is 15.0. The third-order valence-corrected chi connectivity index (χ3v) is 4.25. The van der Waals surface area contributed by atoms with E-state index in [4.69, 9.17) is 4.74 Å². The predicted molar refractivity (Wildman–Crippen MR) is 94.9 cm³/mol. The quantitative estimate of drug-likeness (QED) is 0.801. The van der Waals surface area contributed by atoms with Crippen molar-refractivity contribution in [1.29, 1.82) is 0 Å². The highest BCUT2D eigenvalue weighted by Gasteiger charge is 2.30. The Kier molecular flexibility index (Phi) is 5.66. The van der Waals surface area contributed by atoms with E-state index < -0.39 is 6.04 Å². The fourth-order valence-electron chi connectivity index (χ4n) is 2.71. The summed E-state index contributed by atoms with van der Waals surface area (Å²) in [4.78, 5) is 14.6. The van der Waals surface area contributed by atoms with Crippen LogP contribution in [0.2, 0.25) is 0 Å². The van der Waals surface area contributed by atoms with Gasteiger partial charge in [-0.25, -0.2) is 4.39 Å². The molecule has 0 saturated heterocycles. The second-order valence-corrected chi connectivity index (χ2v) is 6.38. The van der Waals surface area contributed by atoms with Gasteiger partial charge in [-0.15, -0.1) is 0 Å². The van der Waals surface area contributed by atoms with Crippen molar-refractivity contribution in [3.8, 4) is 5.75 Å². The van der Waals surface area contributed by atoms with Gasteiger partial charge in [0.1, 0.15) is 24.2 Å². The van der Waals surface area contributed by atoms with Crippen molar-refractivity contribution >= 4 is 5.91 Å². The van der Waals surface area contributed by atoms with Crippen LogP contribution in [0.4, 0.5) is 4.39 Å². The Morgan fingerprint density at radius 3 is 2.52 bits per heavy atom. The van der Waals surface area contributed by atoms with E-state index in [-0.39, 0.29) is 17.8 Å². The van der Waals surface area contributed by atoms with Gasteiger partial charge < -0.3 is 10.1 Å². The van der Waals surface area contributed by atoms with E-state index in [9.17, 15) is 9.18 Å². The van der Waals surface area contributed by atoms with Crippen LogP contribution in [-0.4, -0.2) is 37.0 Å². The number of rotatable bonds is 8. The molecule has 0 aromatic heterocycles.